The molecule has 0 radical (unpaired) electrons. The Kier molecular flexibility index (Phi) is 3.23. The molecule has 0 aliphatic heterocycles. The van der Waals surface area contributed by atoms with Crippen molar-refractivity contribution < 1.29 is 4.52 Å². The van der Waals surface area contributed by atoms with Crippen molar-refractivity contribution in [3.63, 3.8) is 0 Å². The molecule has 0 fully saturated rings. The Morgan fingerprint density at radius 2 is 2.29 bits per heavy atom. The standard InChI is InChI=1S/C11H17N5O/c1-4-7(2)9(12)11-14-10(15-17-11)8-5-13-6-16(8)3/h5-7,9H,4,12H2,1-3H3/t7?,9-/m0/s1. The molecule has 6 nitrogen and oxygen atoms in total. The quantitative estimate of drug-likeness (QED) is 0.868. The highest BCUT2D eigenvalue weighted by Gasteiger charge is 2.21. The number of nitrogens with two attached hydrogens (primary N) is 1. The molecule has 2 aromatic heterocycles. The molecule has 0 spiro atoms. The molecule has 2 aromatic rings. The third kappa shape index (κ3) is 2.21. The Morgan fingerprint density at radius 3 is 2.88 bits per heavy atom. The minimum Gasteiger partial charge on any atom is -0.337 e. The van der Waals surface area contributed by atoms with Crippen molar-refractivity contribution in [1.29, 1.82) is 0 Å². The summed E-state index contributed by atoms with van der Waals surface area (Å²) in [5.74, 6) is 1.32. The van der Waals surface area contributed by atoms with E-state index in [2.05, 4.69) is 29.0 Å². The van der Waals surface area contributed by atoms with Gasteiger partial charge in [0.05, 0.1) is 18.6 Å². The Morgan fingerprint density at radius 1 is 1.53 bits per heavy atom. The third-order valence-electron chi connectivity index (χ3n) is 3.03. The van der Waals surface area contributed by atoms with Gasteiger partial charge in [-0.05, 0) is 5.92 Å². The van der Waals surface area contributed by atoms with Gasteiger partial charge in [0.15, 0.2) is 0 Å². The SMILES string of the molecule is CCC(C)[C@H](N)c1nc(-c2cncn2C)no1. The lowest BCUT2D eigenvalue weighted by Gasteiger charge is -2.12. The fourth-order valence-electron chi connectivity index (χ4n) is 1.54. The van der Waals surface area contributed by atoms with Crippen LogP contribution in [0, 0.1) is 5.92 Å². The Bertz CT molecular complexity index is 490. The van der Waals surface area contributed by atoms with Gasteiger partial charge in [-0.1, -0.05) is 25.4 Å². The van der Waals surface area contributed by atoms with Crippen LogP contribution in [0.25, 0.3) is 11.5 Å². The molecular weight excluding hydrogens is 218 g/mol. The van der Waals surface area contributed by atoms with Crippen LogP contribution in [0.4, 0.5) is 0 Å². The maximum atomic E-state index is 6.04. The fraction of sp³-hybridized carbons (Fsp3) is 0.545. The zero-order chi connectivity index (χ0) is 12.4. The minimum atomic E-state index is -0.213. The number of nitrogens with zero attached hydrogens (tertiary/aromatic N) is 4. The van der Waals surface area contributed by atoms with Crippen molar-refractivity contribution in [2.45, 2.75) is 26.3 Å². The number of imidazole rings is 1. The van der Waals surface area contributed by atoms with E-state index in [1.165, 1.54) is 0 Å². The van der Waals surface area contributed by atoms with Crippen LogP contribution in [0.3, 0.4) is 0 Å². The van der Waals surface area contributed by atoms with Crippen LogP contribution >= 0.6 is 0 Å². The van der Waals surface area contributed by atoms with Gasteiger partial charge < -0.3 is 14.8 Å². The van der Waals surface area contributed by atoms with Gasteiger partial charge in [-0.3, -0.25) is 0 Å². The van der Waals surface area contributed by atoms with E-state index < -0.39 is 0 Å². The molecule has 1 unspecified atom stereocenters. The number of rotatable bonds is 4. The smallest absolute Gasteiger partial charge is 0.244 e. The average Bonchev–Trinajstić information content (AvgIpc) is 2.95. The van der Waals surface area contributed by atoms with Gasteiger partial charge in [-0.15, -0.1) is 0 Å². The van der Waals surface area contributed by atoms with E-state index in [1.54, 1.807) is 12.5 Å². The highest BCUT2D eigenvalue weighted by molar-refractivity contribution is 5.47. The van der Waals surface area contributed by atoms with Crippen LogP contribution in [-0.2, 0) is 7.05 Å². The Hall–Kier alpha value is -1.69. The molecule has 2 heterocycles. The van der Waals surface area contributed by atoms with Gasteiger partial charge in [-0.2, -0.15) is 4.98 Å². The predicted octanol–water partition coefficient (Wildman–Crippen LogP) is 1.52. The van der Waals surface area contributed by atoms with Gasteiger partial charge in [0.25, 0.3) is 0 Å². The second-order valence-electron chi connectivity index (χ2n) is 4.26. The summed E-state index contributed by atoms with van der Waals surface area (Å²) in [6, 6.07) is -0.213. The van der Waals surface area contributed by atoms with Crippen molar-refractivity contribution in [1.82, 2.24) is 19.7 Å². The molecule has 0 bridgehead atoms. The van der Waals surface area contributed by atoms with Gasteiger partial charge in [0, 0.05) is 7.05 Å². The summed E-state index contributed by atoms with van der Waals surface area (Å²) in [6.45, 7) is 4.15. The molecule has 0 saturated heterocycles. The summed E-state index contributed by atoms with van der Waals surface area (Å²) in [5, 5.41) is 3.93. The van der Waals surface area contributed by atoms with Crippen molar-refractivity contribution in [2.24, 2.45) is 18.7 Å². The molecular formula is C11H17N5O. The average molecular weight is 235 g/mol. The maximum absolute atomic E-state index is 6.04. The normalized spacial score (nSPS) is 14.8. The summed E-state index contributed by atoms with van der Waals surface area (Å²) in [5.41, 5.74) is 6.85. The van der Waals surface area contributed by atoms with Gasteiger partial charge in [0.2, 0.25) is 11.7 Å². The lowest BCUT2D eigenvalue weighted by Crippen LogP contribution is -2.18. The summed E-state index contributed by atoms with van der Waals surface area (Å²) in [4.78, 5) is 8.33. The van der Waals surface area contributed by atoms with E-state index in [4.69, 9.17) is 10.3 Å². The summed E-state index contributed by atoms with van der Waals surface area (Å²) >= 11 is 0. The first-order valence-corrected chi connectivity index (χ1v) is 5.69. The largest absolute Gasteiger partial charge is 0.337 e. The molecule has 2 rings (SSSR count). The van der Waals surface area contributed by atoms with E-state index in [-0.39, 0.29) is 6.04 Å². The van der Waals surface area contributed by atoms with Crippen molar-refractivity contribution in [3.8, 4) is 11.5 Å². The van der Waals surface area contributed by atoms with Crippen LogP contribution in [0.5, 0.6) is 0 Å². The fourth-order valence-corrected chi connectivity index (χ4v) is 1.54. The van der Waals surface area contributed by atoms with Crippen LogP contribution in [0.15, 0.2) is 17.0 Å². The Balaban J connectivity index is 2.25. The first-order valence-electron chi connectivity index (χ1n) is 5.69. The van der Waals surface area contributed by atoms with Crippen molar-refractivity contribution in [2.75, 3.05) is 0 Å². The van der Waals surface area contributed by atoms with E-state index in [9.17, 15) is 0 Å². The van der Waals surface area contributed by atoms with Crippen LogP contribution in [0.2, 0.25) is 0 Å². The molecule has 0 aliphatic carbocycles. The minimum absolute atomic E-state index is 0.213. The number of aromatic nitrogens is 4. The molecule has 0 aromatic carbocycles. The van der Waals surface area contributed by atoms with Crippen LogP contribution in [0.1, 0.15) is 32.2 Å². The molecule has 2 atom stereocenters. The summed E-state index contributed by atoms with van der Waals surface area (Å²) in [7, 11) is 1.88. The zero-order valence-corrected chi connectivity index (χ0v) is 10.3. The second-order valence-corrected chi connectivity index (χ2v) is 4.26. The highest BCUT2D eigenvalue weighted by atomic mass is 16.5. The number of aryl methyl sites for hydroxylation is 1. The van der Waals surface area contributed by atoms with Gasteiger partial charge >= 0.3 is 0 Å². The first-order chi connectivity index (χ1) is 8.13. The molecule has 0 aliphatic rings. The van der Waals surface area contributed by atoms with E-state index in [1.807, 2.05) is 11.6 Å². The Labute approximate surface area is 99.8 Å². The van der Waals surface area contributed by atoms with Crippen LogP contribution in [-0.4, -0.2) is 19.7 Å². The topological polar surface area (TPSA) is 82.8 Å². The summed E-state index contributed by atoms with van der Waals surface area (Å²) < 4.78 is 7.04. The predicted molar refractivity (Wildman–Crippen MR) is 62.9 cm³/mol. The first kappa shape index (κ1) is 11.8. The number of hydrogen-bond donors (Lipinski definition) is 1. The molecule has 2 N–H and O–H groups in total. The lowest BCUT2D eigenvalue weighted by molar-refractivity contribution is 0.312. The van der Waals surface area contributed by atoms with Crippen molar-refractivity contribution in [3.05, 3.63) is 18.4 Å². The molecule has 0 amide bonds. The van der Waals surface area contributed by atoms with E-state index in [0.717, 1.165) is 12.1 Å². The van der Waals surface area contributed by atoms with E-state index in [0.29, 0.717) is 17.6 Å². The highest BCUT2D eigenvalue weighted by Crippen LogP contribution is 2.22. The van der Waals surface area contributed by atoms with E-state index >= 15 is 0 Å². The molecule has 0 saturated carbocycles. The maximum Gasteiger partial charge on any atom is 0.244 e. The summed E-state index contributed by atoms with van der Waals surface area (Å²) in [6.07, 6.45) is 4.37. The monoisotopic (exact) mass is 235 g/mol. The van der Waals surface area contributed by atoms with Gasteiger partial charge in [0.1, 0.15) is 5.69 Å². The lowest BCUT2D eigenvalue weighted by atomic mass is 10.0. The van der Waals surface area contributed by atoms with Gasteiger partial charge in [-0.25, -0.2) is 4.98 Å². The van der Waals surface area contributed by atoms with Crippen LogP contribution < -0.4 is 5.73 Å². The van der Waals surface area contributed by atoms with Crippen molar-refractivity contribution >= 4 is 0 Å². The molecule has 17 heavy (non-hydrogen) atoms. The molecule has 92 valence electrons. The third-order valence-corrected chi connectivity index (χ3v) is 3.03. The second kappa shape index (κ2) is 4.67. The number of hydrogen-bond acceptors (Lipinski definition) is 5. The zero-order valence-electron chi connectivity index (χ0n) is 10.3. The molecule has 6 heteroatoms.